The molecular weight excluding hydrogens is 460 g/mol. The molecule has 4 rings (SSSR count). The molecule has 0 saturated carbocycles. The zero-order valence-electron chi connectivity index (χ0n) is 19.9. The molecule has 0 aliphatic carbocycles. The maximum Gasteiger partial charge on any atom is 0.338 e. The molecule has 36 heavy (non-hydrogen) atoms. The van der Waals surface area contributed by atoms with Gasteiger partial charge >= 0.3 is 17.9 Å². The second-order valence-corrected chi connectivity index (χ2v) is 8.45. The van der Waals surface area contributed by atoms with E-state index in [9.17, 15) is 14.4 Å². The molecule has 0 spiro atoms. The van der Waals surface area contributed by atoms with E-state index in [0.717, 1.165) is 0 Å². The molecule has 3 aromatic carbocycles. The van der Waals surface area contributed by atoms with Gasteiger partial charge in [-0.3, -0.25) is 0 Å². The lowest BCUT2D eigenvalue weighted by Crippen LogP contribution is -2.43. The summed E-state index contributed by atoms with van der Waals surface area (Å²) in [6.45, 7) is 1.97. The van der Waals surface area contributed by atoms with Crippen LogP contribution in [0, 0.1) is 0 Å². The molecule has 1 heterocycles. The van der Waals surface area contributed by atoms with Crippen LogP contribution in [0.5, 0.6) is 0 Å². The van der Waals surface area contributed by atoms with Crippen molar-refractivity contribution in [1.29, 1.82) is 0 Å². The van der Waals surface area contributed by atoms with Crippen LogP contribution in [0.3, 0.4) is 0 Å². The van der Waals surface area contributed by atoms with Gasteiger partial charge in [0.25, 0.3) is 0 Å². The van der Waals surface area contributed by atoms with Crippen LogP contribution in [0.2, 0.25) is 0 Å². The standard InChI is InChI=1S/C29H28O7/c1-2-24-26(36-29(32)22-16-10-5-11-17-22)25(35-28(31)21-14-8-4-9-15-21)18-23(19-33-24)34-27(30)20-12-6-3-7-13-20/h3-17,23-26H,2,18-19H2,1H3. The quantitative estimate of drug-likeness (QED) is 0.347. The number of carbonyl (C=O) groups is 3. The molecule has 0 aromatic heterocycles. The summed E-state index contributed by atoms with van der Waals surface area (Å²) in [6, 6.07) is 25.8. The van der Waals surface area contributed by atoms with E-state index in [4.69, 9.17) is 18.9 Å². The van der Waals surface area contributed by atoms with Crippen LogP contribution in [-0.4, -0.2) is 48.9 Å². The molecule has 1 fully saturated rings. The summed E-state index contributed by atoms with van der Waals surface area (Å²) in [5, 5.41) is 0. The summed E-state index contributed by atoms with van der Waals surface area (Å²) < 4.78 is 23.5. The molecule has 0 radical (unpaired) electrons. The number of carbonyl (C=O) groups excluding carboxylic acids is 3. The van der Waals surface area contributed by atoms with Crippen molar-refractivity contribution in [1.82, 2.24) is 0 Å². The van der Waals surface area contributed by atoms with E-state index in [1.54, 1.807) is 84.9 Å². The maximum atomic E-state index is 13.0. The zero-order chi connectivity index (χ0) is 25.3. The summed E-state index contributed by atoms with van der Waals surface area (Å²) in [4.78, 5) is 38.6. The Hall–Kier alpha value is -3.97. The highest BCUT2D eigenvalue weighted by Crippen LogP contribution is 2.27. The number of hydrogen-bond donors (Lipinski definition) is 0. The highest BCUT2D eigenvalue weighted by atomic mass is 16.6. The Kier molecular flexibility index (Phi) is 8.47. The van der Waals surface area contributed by atoms with Crippen LogP contribution in [0.25, 0.3) is 0 Å². The van der Waals surface area contributed by atoms with Crippen LogP contribution in [-0.2, 0) is 18.9 Å². The van der Waals surface area contributed by atoms with Crippen molar-refractivity contribution >= 4 is 17.9 Å². The van der Waals surface area contributed by atoms with Crippen LogP contribution in [0.15, 0.2) is 91.0 Å². The first-order chi connectivity index (χ1) is 17.5. The van der Waals surface area contributed by atoms with Crippen molar-refractivity contribution < 1.29 is 33.3 Å². The molecule has 1 aliphatic heterocycles. The Morgan fingerprint density at radius 3 is 1.61 bits per heavy atom. The van der Waals surface area contributed by atoms with E-state index >= 15 is 0 Å². The summed E-state index contributed by atoms with van der Waals surface area (Å²) in [7, 11) is 0. The van der Waals surface area contributed by atoms with E-state index in [2.05, 4.69) is 0 Å². The normalized spacial score (nSPS) is 21.6. The van der Waals surface area contributed by atoms with Crippen LogP contribution >= 0.6 is 0 Å². The first-order valence-corrected chi connectivity index (χ1v) is 11.9. The van der Waals surface area contributed by atoms with Gasteiger partial charge in [-0.25, -0.2) is 14.4 Å². The van der Waals surface area contributed by atoms with Gasteiger partial charge in [-0.05, 0) is 42.8 Å². The van der Waals surface area contributed by atoms with E-state index in [-0.39, 0.29) is 13.0 Å². The maximum absolute atomic E-state index is 13.0. The minimum absolute atomic E-state index is 0.0792. The minimum atomic E-state index is -0.897. The molecule has 4 atom stereocenters. The average Bonchev–Trinajstić information content (AvgIpc) is 3.08. The highest BCUT2D eigenvalue weighted by molar-refractivity contribution is 5.90. The molecule has 0 bridgehead atoms. The zero-order valence-corrected chi connectivity index (χ0v) is 19.9. The fraction of sp³-hybridized carbons (Fsp3) is 0.276. The number of hydrogen-bond acceptors (Lipinski definition) is 7. The second kappa shape index (κ2) is 12.1. The first-order valence-electron chi connectivity index (χ1n) is 11.9. The lowest BCUT2D eigenvalue weighted by molar-refractivity contribution is -0.0896. The van der Waals surface area contributed by atoms with Gasteiger partial charge in [0, 0.05) is 6.42 Å². The lowest BCUT2D eigenvalue weighted by atomic mass is 10.0. The average molecular weight is 489 g/mol. The smallest absolute Gasteiger partial charge is 0.338 e. The van der Waals surface area contributed by atoms with E-state index < -0.39 is 42.3 Å². The third-order valence-electron chi connectivity index (χ3n) is 5.93. The number of esters is 3. The van der Waals surface area contributed by atoms with Crippen molar-refractivity contribution in [3.63, 3.8) is 0 Å². The van der Waals surface area contributed by atoms with Gasteiger partial charge in [-0.1, -0.05) is 61.5 Å². The Morgan fingerprint density at radius 2 is 1.14 bits per heavy atom. The van der Waals surface area contributed by atoms with E-state index in [1.165, 1.54) is 0 Å². The van der Waals surface area contributed by atoms with Crippen molar-refractivity contribution in [2.75, 3.05) is 6.61 Å². The van der Waals surface area contributed by atoms with Crippen molar-refractivity contribution in [3.05, 3.63) is 108 Å². The summed E-state index contributed by atoms with van der Waals surface area (Å²) in [5.74, 6) is -1.63. The monoisotopic (exact) mass is 488 g/mol. The molecule has 7 heteroatoms. The molecule has 3 aromatic rings. The fourth-order valence-electron chi connectivity index (χ4n) is 4.06. The van der Waals surface area contributed by atoms with E-state index in [0.29, 0.717) is 23.1 Å². The molecule has 7 nitrogen and oxygen atoms in total. The third-order valence-corrected chi connectivity index (χ3v) is 5.93. The van der Waals surface area contributed by atoms with Crippen molar-refractivity contribution in [3.8, 4) is 0 Å². The largest absolute Gasteiger partial charge is 0.456 e. The highest BCUT2D eigenvalue weighted by Gasteiger charge is 2.41. The molecular formula is C29H28O7. The van der Waals surface area contributed by atoms with Gasteiger partial charge in [0.1, 0.15) is 12.2 Å². The van der Waals surface area contributed by atoms with Crippen LogP contribution in [0.1, 0.15) is 50.8 Å². The van der Waals surface area contributed by atoms with Crippen LogP contribution < -0.4 is 0 Å². The lowest BCUT2D eigenvalue weighted by Gasteiger charge is -2.30. The Labute approximate surface area is 209 Å². The second-order valence-electron chi connectivity index (χ2n) is 8.45. The van der Waals surface area contributed by atoms with E-state index in [1.807, 2.05) is 13.0 Å². The Morgan fingerprint density at radius 1 is 0.694 bits per heavy atom. The minimum Gasteiger partial charge on any atom is -0.456 e. The molecule has 1 aliphatic rings. The van der Waals surface area contributed by atoms with Gasteiger partial charge in [-0.2, -0.15) is 0 Å². The number of benzene rings is 3. The van der Waals surface area contributed by atoms with Gasteiger partial charge in [0.05, 0.1) is 29.4 Å². The number of rotatable bonds is 7. The van der Waals surface area contributed by atoms with Crippen molar-refractivity contribution in [2.45, 2.75) is 44.2 Å². The molecule has 186 valence electrons. The van der Waals surface area contributed by atoms with Gasteiger partial charge in [0.15, 0.2) is 6.10 Å². The van der Waals surface area contributed by atoms with Gasteiger partial charge < -0.3 is 18.9 Å². The summed E-state index contributed by atoms with van der Waals surface area (Å²) in [5.41, 5.74) is 1.14. The molecule has 4 unspecified atom stereocenters. The third kappa shape index (κ3) is 6.37. The van der Waals surface area contributed by atoms with Gasteiger partial charge in [-0.15, -0.1) is 0 Å². The number of ether oxygens (including phenoxy) is 4. The van der Waals surface area contributed by atoms with Crippen molar-refractivity contribution in [2.24, 2.45) is 0 Å². The topological polar surface area (TPSA) is 88.1 Å². The first kappa shape index (κ1) is 25.1. The van der Waals surface area contributed by atoms with Gasteiger partial charge in [0.2, 0.25) is 0 Å². The summed E-state index contributed by atoms with van der Waals surface area (Å²) >= 11 is 0. The van der Waals surface area contributed by atoms with Crippen LogP contribution in [0.4, 0.5) is 0 Å². The predicted molar refractivity (Wildman–Crippen MR) is 132 cm³/mol. The Balaban J connectivity index is 1.58. The molecule has 0 amide bonds. The molecule has 0 N–H and O–H groups in total. The Bertz CT molecular complexity index is 1150. The SMILES string of the molecule is CCC1OCC(OC(=O)c2ccccc2)CC(OC(=O)c2ccccc2)C1OC(=O)c1ccccc1. The fourth-order valence-corrected chi connectivity index (χ4v) is 4.06. The summed E-state index contributed by atoms with van der Waals surface area (Å²) in [6.07, 6.45) is -2.46. The molecule has 1 saturated heterocycles. The predicted octanol–water partition coefficient (Wildman–Crippen LogP) is 4.86.